The van der Waals surface area contributed by atoms with Crippen LogP contribution in [-0.4, -0.2) is 46.9 Å². The summed E-state index contributed by atoms with van der Waals surface area (Å²) in [6.07, 6.45) is 3.47. The predicted molar refractivity (Wildman–Crippen MR) is 93.9 cm³/mol. The molecule has 0 aliphatic rings. The van der Waals surface area contributed by atoms with Gasteiger partial charge in [0.25, 0.3) is 0 Å². The molecule has 0 spiro atoms. The zero-order valence-electron chi connectivity index (χ0n) is 14.7. The molecule has 2 rings (SSSR count). The van der Waals surface area contributed by atoms with Crippen molar-refractivity contribution in [2.24, 2.45) is 7.05 Å². The Hall–Kier alpha value is -2.15. The number of anilines is 2. The van der Waals surface area contributed by atoms with E-state index in [-0.39, 0.29) is 0 Å². The van der Waals surface area contributed by atoms with Crippen LogP contribution in [0.3, 0.4) is 0 Å². The molecular weight excluding hydrogens is 290 g/mol. The van der Waals surface area contributed by atoms with Gasteiger partial charge in [-0.1, -0.05) is 13.8 Å². The van der Waals surface area contributed by atoms with Gasteiger partial charge in [-0.3, -0.25) is 4.68 Å². The molecule has 0 saturated heterocycles. The lowest BCUT2D eigenvalue weighted by molar-refractivity contribution is 0.687. The average Bonchev–Trinajstić information content (AvgIpc) is 2.85. The predicted octanol–water partition coefficient (Wildman–Crippen LogP) is 1.60. The molecule has 126 valence electrons. The quantitative estimate of drug-likeness (QED) is 0.721. The third-order valence-corrected chi connectivity index (χ3v) is 3.57. The van der Waals surface area contributed by atoms with E-state index >= 15 is 0 Å². The van der Waals surface area contributed by atoms with Crippen molar-refractivity contribution in [2.75, 3.05) is 37.4 Å². The number of nitrogens with one attached hydrogen (secondary N) is 2. The van der Waals surface area contributed by atoms with E-state index in [1.807, 2.05) is 17.8 Å². The summed E-state index contributed by atoms with van der Waals surface area (Å²) >= 11 is 0. The fourth-order valence-corrected chi connectivity index (χ4v) is 2.64. The molecule has 0 amide bonds. The number of aromatic nitrogens is 4. The average molecular weight is 317 g/mol. The molecule has 7 heteroatoms. The van der Waals surface area contributed by atoms with Gasteiger partial charge in [-0.25, -0.2) is 9.97 Å². The van der Waals surface area contributed by atoms with Gasteiger partial charge in [0.2, 0.25) is 5.95 Å². The summed E-state index contributed by atoms with van der Waals surface area (Å²) in [7, 11) is 6.11. The van der Waals surface area contributed by atoms with Crippen molar-refractivity contribution in [2.45, 2.75) is 26.3 Å². The van der Waals surface area contributed by atoms with Gasteiger partial charge in [-0.05, 0) is 12.0 Å². The van der Waals surface area contributed by atoms with Crippen LogP contribution in [0, 0.1) is 0 Å². The van der Waals surface area contributed by atoms with Crippen LogP contribution < -0.4 is 15.5 Å². The van der Waals surface area contributed by atoms with Gasteiger partial charge in [0.1, 0.15) is 5.82 Å². The van der Waals surface area contributed by atoms with Crippen molar-refractivity contribution in [1.82, 2.24) is 25.1 Å². The molecule has 2 aromatic heterocycles. The molecule has 2 N–H and O–H groups in total. The molecule has 0 aliphatic heterocycles. The third kappa shape index (κ3) is 4.41. The van der Waals surface area contributed by atoms with E-state index < -0.39 is 0 Å². The maximum Gasteiger partial charge on any atom is 0.222 e. The molecule has 2 heterocycles. The number of aryl methyl sites for hydroxylation is 1. The number of rotatable bonds is 8. The van der Waals surface area contributed by atoms with Crippen LogP contribution in [0.15, 0.2) is 18.5 Å². The first-order valence-corrected chi connectivity index (χ1v) is 7.95. The van der Waals surface area contributed by atoms with Crippen molar-refractivity contribution in [1.29, 1.82) is 0 Å². The zero-order chi connectivity index (χ0) is 16.8. The Morgan fingerprint density at radius 2 is 1.87 bits per heavy atom. The zero-order valence-corrected chi connectivity index (χ0v) is 14.7. The van der Waals surface area contributed by atoms with Crippen molar-refractivity contribution in [3.05, 3.63) is 29.7 Å². The Kier molecular flexibility index (Phi) is 5.92. The molecule has 0 atom stereocenters. The summed E-state index contributed by atoms with van der Waals surface area (Å²) in [5.74, 6) is 2.22. The standard InChI is InChI=1S/C16H27N7/c1-12(2)14-13(15(22(3)4)23(5)21-14)11-17-9-10-20-16-18-7-6-8-19-16/h6-8,12,17H,9-11H2,1-5H3,(H,18,19,20). The number of hydrogen-bond donors (Lipinski definition) is 2. The molecular formula is C16H27N7. The van der Waals surface area contributed by atoms with Crippen molar-refractivity contribution in [3.8, 4) is 0 Å². The minimum absolute atomic E-state index is 0.405. The topological polar surface area (TPSA) is 70.9 Å². The normalized spacial score (nSPS) is 11.0. The van der Waals surface area contributed by atoms with E-state index in [2.05, 4.69) is 58.5 Å². The van der Waals surface area contributed by atoms with Gasteiger partial charge in [0.05, 0.1) is 5.69 Å². The smallest absolute Gasteiger partial charge is 0.222 e. The van der Waals surface area contributed by atoms with Gasteiger partial charge in [-0.15, -0.1) is 0 Å². The molecule has 0 bridgehead atoms. The molecule has 0 aliphatic carbocycles. The second-order valence-electron chi connectivity index (χ2n) is 6.04. The van der Waals surface area contributed by atoms with Crippen LogP contribution >= 0.6 is 0 Å². The molecule has 23 heavy (non-hydrogen) atoms. The van der Waals surface area contributed by atoms with E-state index in [4.69, 9.17) is 0 Å². The third-order valence-electron chi connectivity index (χ3n) is 3.57. The summed E-state index contributed by atoms with van der Waals surface area (Å²) in [5.41, 5.74) is 2.42. The highest BCUT2D eigenvalue weighted by molar-refractivity contribution is 5.50. The fraction of sp³-hybridized carbons (Fsp3) is 0.562. The Balaban J connectivity index is 1.92. The molecule has 0 radical (unpaired) electrons. The van der Waals surface area contributed by atoms with E-state index in [0.717, 1.165) is 31.1 Å². The van der Waals surface area contributed by atoms with Crippen LogP contribution in [0.2, 0.25) is 0 Å². The van der Waals surface area contributed by atoms with Gasteiger partial charge in [-0.2, -0.15) is 5.10 Å². The van der Waals surface area contributed by atoms with E-state index in [1.165, 1.54) is 5.56 Å². The van der Waals surface area contributed by atoms with Crippen LogP contribution in [0.1, 0.15) is 31.0 Å². The van der Waals surface area contributed by atoms with Gasteiger partial charge in [0, 0.05) is 58.7 Å². The van der Waals surface area contributed by atoms with Crippen molar-refractivity contribution >= 4 is 11.8 Å². The SMILES string of the molecule is CC(C)c1nn(C)c(N(C)C)c1CNCCNc1ncccn1. The first kappa shape index (κ1) is 17.2. The van der Waals surface area contributed by atoms with Gasteiger partial charge in [0.15, 0.2) is 0 Å². The first-order chi connectivity index (χ1) is 11.0. The lowest BCUT2D eigenvalue weighted by atomic mass is 10.1. The highest BCUT2D eigenvalue weighted by Crippen LogP contribution is 2.26. The minimum atomic E-state index is 0.405. The van der Waals surface area contributed by atoms with E-state index in [1.54, 1.807) is 12.4 Å². The van der Waals surface area contributed by atoms with E-state index in [0.29, 0.717) is 11.9 Å². The van der Waals surface area contributed by atoms with Crippen molar-refractivity contribution < 1.29 is 0 Å². The second-order valence-corrected chi connectivity index (χ2v) is 6.04. The van der Waals surface area contributed by atoms with Crippen LogP contribution in [0.5, 0.6) is 0 Å². The lowest BCUT2D eigenvalue weighted by Gasteiger charge is -2.16. The van der Waals surface area contributed by atoms with Gasteiger partial charge < -0.3 is 15.5 Å². The highest BCUT2D eigenvalue weighted by Gasteiger charge is 2.19. The van der Waals surface area contributed by atoms with Gasteiger partial charge >= 0.3 is 0 Å². The number of hydrogen-bond acceptors (Lipinski definition) is 6. The second kappa shape index (κ2) is 7.92. The summed E-state index contributed by atoms with van der Waals surface area (Å²) in [6.45, 7) is 6.77. The fourth-order valence-electron chi connectivity index (χ4n) is 2.64. The van der Waals surface area contributed by atoms with E-state index in [9.17, 15) is 0 Å². The van der Waals surface area contributed by atoms with Crippen LogP contribution in [0.25, 0.3) is 0 Å². The molecule has 2 aromatic rings. The monoisotopic (exact) mass is 317 g/mol. The molecule has 0 aromatic carbocycles. The summed E-state index contributed by atoms with van der Waals surface area (Å²) in [6, 6.07) is 1.81. The molecule has 0 fully saturated rings. The summed E-state index contributed by atoms with van der Waals surface area (Å²) in [5, 5.41) is 11.3. The summed E-state index contributed by atoms with van der Waals surface area (Å²) in [4.78, 5) is 10.4. The number of nitrogens with zero attached hydrogens (tertiary/aromatic N) is 5. The Morgan fingerprint density at radius 3 is 2.48 bits per heavy atom. The highest BCUT2D eigenvalue weighted by atomic mass is 15.4. The molecule has 0 saturated carbocycles. The Morgan fingerprint density at radius 1 is 1.17 bits per heavy atom. The maximum absolute atomic E-state index is 4.68. The minimum Gasteiger partial charge on any atom is -0.363 e. The van der Waals surface area contributed by atoms with Crippen LogP contribution in [0.4, 0.5) is 11.8 Å². The largest absolute Gasteiger partial charge is 0.363 e. The van der Waals surface area contributed by atoms with Crippen LogP contribution in [-0.2, 0) is 13.6 Å². The molecule has 7 nitrogen and oxygen atoms in total. The summed E-state index contributed by atoms with van der Waals surface area (Å²) < 4.78 is 1.96. The Bertz CT molecular complexity index is 604. The van der Waals surface area contributed by atoms with Crippen molar-refractivity contribution in [3.63, 3.8) is 0 Å². The first-order valence-electron chi connectivity index (χ1n) is 7.95. The lowest BCUT2D eigenvalue weighted by Crippen LogP contribution is -2.24. The Labute approximate surface area is 138 Å². The molecule has 0 unspecified atom stereocenters. The maximum atomic E-state index is 4.68.